The number of ether oxygens (including phenoxy) is 1. The second-order valence-corrected chi connectivity index (χ2v) is 6.05. The van der Waals surface area contributed by atoms with Crippen LogP contribution in [0.5, 0.6) is 0 Å². The zero-order valence-electron chi connectivity index (χ0n) is 14.9. The number of hydrogen-bond acceptors (Lipinski definition) is 4. The summed E-state index contributed by atoms with van der Waals surface area (Å²) in [7, 11) is 1.75. The van der Waals surface area contributed by atoms with Crippen molar-refractivity contribution in [2.24, 2.45) is 10.9 Å². The molecule has 6 nitrogen and oxygen atoms in total. The van der Waals surface area contributed by atoms with E-state index in [2.05, 4.69) is 48.5 Å². The highest BCUT2D eigenvalue weighted by Crippen LogP contribution is 2.13. The van der Waals surface area contributed by atoms with Crippen molar-refractivity contribution in [2.75, 3.05) is 26.8 Å². The molecule has 0 bridgehead atoms. The third kappa shape index (κ3) is 9.80. The fraction of sp³-hybridized carbons (Fsp3) is 0.750. The second kappa shape index (κ2) is 12.6. The van der Waals surface area contributed by atoms with E-state index >= 15 is 0 Å². The smallest absolute Gasteiger partial charge is 0.191 e. The van der Waals surface area contributed by atoms with Gasteiger partial charge in [0.2, 0.25) is 0 Å². The number of aliphatic imine (C=N–C) groups is 1. The van der Waals surface area contributed by atoms with Crippen LogP contribution in [0.3, 0.4) is 0 Å². The number of aromatic nitrogens is 1. The van der Waals surface area contributed by atoms with Gasteiger partial charge in [0.15, 0.2) is 11.7 Å². The van der Waals surface area contributed by atoms with Crippen LogP contribution in [0.4, 0.5) is 0 Å². The molecule has 0 aliphatic heterocycles. The molecular formula is C16H31IN4O2. The number of halogens is 1. The van der Waals surface area contributed by atoms with E-state index in [9.17, 15) is 0 Å². The lowest BCUT2D eigenvalue weighted by molar-refractivity contribution is 0.108. The fourth-order valence-corrected chi connectivity index (χ4v) is 1.78. The van der Waals surface area contributed by atoms with E-state index in [1.54, 1.807) is 7.05 Å². The van der Waals surface area contributed by atoms with Gasteiger partial charge in [-0.2, -0.15) is 0 Å². The molecule has 0 saturated carbocycles. The summed E-state index contributed by atoms with van der Waals surface area (Å²) >= 11 is 0. The molecule has 0 saturated heterocycles. The third-order valence-corrected chi connectivity index (χ3v) is 3.03. The predicted octanol–water partition coefficient (Wildman–Crippen LogP) is 3.14. The van der Waals surface area contributed by atoms with Gasteiger partial charge in [-0.25, -0.2) is 0 Å². The Labute approximate surface area is 156 Å². The number of nitrogens with one attached hydrogen (secondary N) is 2. The molecule has 0 atom stereocenters. The first-order valence-corrected chi connectivity index (χ1v) is 8.00. The molecule has 0 amide bonds. The molecule has 2 N–H and O–H groups in total. The summed E-state index contributed by atoms with van der Waals surface area (Å²) in [6.45, 7) is 11.5. The van der Waals surface area contributed by atoms with Gasteiger partial charge < -0.3 is 19.9 Å². The Morgan fingerprint density at radius 3 is 2.61 bits per heavy atom. The monoisotopic (exact) mass is 438 g/mol. The van der Waals surface area contributed by atoms with Gasteiger partial charge in [-0.05, 0) is 18.3 Å². The van der Waals surface area contributed by atoms with Gasteiger partial charge in [0, 0.05) is 32.9 Å². The van der Waals surface area contributed by atoms with Crippen LogP contribution in [-0.4, -0.2) is 37.9 Å². The molecule has 0 fully saturated rings. The molecule has 7 heteroatoms. The van der Waals surface area contributed by atoms with E-state index in [0.717, 1.165) is 43.6 Å². The van der Waals surface area contributed by atoms with Crippen LogP contribution in [0.25, 0.3) is 0 Å². The Balaban J connectivity index is 0.00000484. The van der Waals surface area contributed by atoms with E-state index in [4.69, 9.17) is 9.26 Å². The van der Waals surface area contributed by atoms with Gasteiger partial charge in [0.05, 0.1) is 12.2 Å². The summed E-state index contributed by atoms with van der Waals surface area (Å²) in [5.74, 6) is 2.53. The first-order chi connectivity index (χ1) is 10.5. The highest BCUT2D eigenvalue weighted by Gasteiger charge is 2.08. The molecule has 1 heterocycles. The highest BCUT2D eigenvalue weighted by molar-refractivity contribution is 14.0. The van der Waals surface area contributed by atoms with E-state index in [-0.39, 0.29) is 24.0 Å². The van der Waals surface area contributed by atoms with Crippen molar-refractivity contribution in [1.29, 1.82) is 0 Å². The summed E-state index contributed by atoms with van der Waals surface area (Å²) in [5.41, 5.74) is 0.974. The molecule has 0 unspecified atom stereocenters. The Bertz CT molecular complexity index is 447. The van der Waals surface area contributed by atoms with Crippen LogP contribution in [-0.2, 0) is 11.3 Å². The van der Waals surface area contributed by atoms with Crippen LogP contribution >= 0.6 is 24.0 Å². The highest BCUT2D eigenvalue weighted by atomic mass is 127. The lowest BCUT2D eigenvalue weighted by atomic mass is 10.1. The van der Waals surface area contributed by atoms with Crippen molar-refractivity contribution in [1.82, 2.24) is 15.8 Å². The largest absolute Gasteiger partial charge is 0.381 e. The zero-order valence-corrected chi connectivity index (χ0v) is 17.2. The molecule has 1 aromatic heterocycles. The minimum Gasteiger partial charge on any atom is -0.381 e. The summed E-state index contributed by atoms with van der Waals surface area (Å²) < 4.78 is 10.8. The molecule has 0 aliphatic rings. The molecule has 0 aliphatic carbocycles. The molecule has 0 radical (unpaired) electrons. The standard InChI is InChI=1S/C16H30N4O2.HI/c1-12(2)11-21-8-6-7-18-16(17-5)19-10-14-9-15(13(3)4)20-22-14;/h9,12-13H,6-8,10-11H2,1-5H3,(H2,17,18,19);1H. The maximum absolute atomic E-state index is 5.54. The Hall–Kier alpha value is -0.830. The molecule has 0 spiro atoms. The Morgan fingerprint density at radius 2 is 2.04 bits per heavy atom. The maximum Gasteiger partial charge on any atom is 0.191 e. The van der Waals surface area contributed by atoms with Crippen molar-refractivity contribution in [3.8, 4) is 0 Å². The van der Waals surface area contributed by atoms with Gasteiger partial charge >= 0.3 is 0 Å². The normalized spacial score (nSPS) is 11.7. The van der Waals surface area contributed by atoms with Crippen LogP contribution in [0.2, 0.25) is 0 Å². The molecule has 134 valence electrons. The Morgan fingerprint density at radius 1 is 1.30 bits per heavy atom. The first kappa shape index (κ1) is 22.2. The lowest BCUT2D eigenvalue weighted by Crippen LogP contribution is -2.37. The van der Waals surface area contributed by atoms with Gasteiger partial charge in [-0.1, -0.05) is 32.9 Å². The summed E-state index contributed by atoms with van der Waals surface area (Å²) in [6.07, 6.45) is 0.952. The molecule has 1 aromatic rings. The second-order valence-electron chi connectivity index (χ2n) is 6.05. The minimum absolute atomic E-state index is 0. The van der Waals surface area contributed by atoms with Crippen molar-refractivity contribution < 1.29 is 9.26 Å². The zero-order chi connectivity index (χ0) is 16.4. The lowest BCUT2D eigenvalue weighted by Gasteiger charge is -2.11. The summed E-state index contributed by atoms with van der Waals surface area (Å²) in [6, 6.07) is 1.98. The van der Waals surface area contributed by atoms with E-state index in [0.29, 0.717) is 18.4 Å². The van der Waals surface area contributed by atoms with E-state index in [1.165, 1.54) is 0 Å². The number of nitrogens with zero attached hydrogens (tertiary/aromatic N) is 2. The SMILES string of the molecule is CN=C(NCCCOCC(C)C)NCc1cc(C(C)C)no1.I. The molecular weight excluding hydrogens is 407 g/mol. The molecule has 1 rings (SSSR count). The quantitative estimate of drug-likeness (QED) is 0.268. The topological polar surface area (TPSA) is 71.7 Å². The van der Waals surface area contributed by atoms with E-state index in [1.807, 2.05) is 6.07 Å². The van der Waals surface area contributed by atoms with E-state index < -0.39 is 0 Å². The first-order valence-electron chi connectivity index (χ1n) is 8.00. The van der Waals surface area contributed by atoms with Crippen LogP contribution < -0.4 is 10.6 Å². The van der Waals surface area contributed by atoms with Crippen LogP contribution in [0.15, 0.2) is 15.6 Å². The summed E-state index contributed by atoms with van der Waals surface area (Å²) in [4.78, 5) is 4.18. The maximum atomic E-state index is 5.54. The van der Waals surface area contributed by atoms with Crippen LogP contribution in [0, 0.1) is 5.92 Å². The van der Waals surface area contributed by atoms with Gasteiger partial charge in [0.1, 0.15) is 0 Å². The van der Waals surface area contributed by atoms with Crippen molar-refractivity contribution >= 4 is 29.9 Å². The third-order valence-electron chi connectivity index (χ3n) is 3.03. The number of rotatable bonds is 9. The summed E-state index contributed by atoms with van der Waals surface area (Å²) in [5, 5.41) is 10.5. The van der Waals surface area contributed by atoms with Gasteiger partial charge in [-0.3, -0.25) is 4.99 Å². The predicted molar refractivity (Wildman–Crippen MR) is 104 cm³/mol. The van der Waals surface area contributed by atoms with Crippen molar-refractivity contribution in [3.63, 3.8) is 0 Å². The molecule has 23 heavy (non-hydrogen) atoms. The molecule has 0 aromatic carbocycles. The van der Waals surface area contributed by atoms with Crippen LogP contribution in [0.1, 0.15) is 51.5 Å². The Kier molecular flexibility index (Phi) is 12.1. The average molecular weight is 438 g/mol. The van der Waals surface area contributed by atoms with Gasteiger partial charge in [-0.15, -0.1) is 24.0 Å². The van der Waals surface area contributed by atoms with Crippen molar-refractivity contribution in [3.05, 3.63) is 17.5 Å². The minimum atomic E-state index is 0. The fourth-order valence-electron chi connectivity index (χ4n) is 1.78. The van der Waals surface area contributed by atoms with Crippen molar-refractivity contribution in [2.45, 2.75) is 46.6 Å². The average Bonchev–Trinajstić information content (AvgIpc) is 2.94. The number of guanidine groups is 1. The van der Waals surface area contributed by atoms with Gasteiger partial charge in [0.25, 0.3) is 0 Å². The number of hydrogen-bond donors (Lipinski definition) is 2.